The van der Waals surface area contributed by atoms with Crippen LogP contribution in [-0.2, 0) is 17.6 Å². The minimum Gasteiger partial charge on any atom is -0.381 e. The number of aryl methyl sites for hydroxylation is 2. The van der Waals surface area contributed by atoms with Crippen LogP contribution in [0, 0.1) is 5.92 Å². The molecule has 0 aromatic heterocycles. The number of benzene rings is 2. The van der Waals surface area contributed by atoms with Gasteiger partial charge in [0.2, 0.25) is 0 Å². The molecule has 0 spiro atoms. The van der Waals surface area contributed by atoms with E-state index in [2.05, 4.69) is 35.6 Å². The lowest BCUT2D eigenvalue weighted by molar-refractivity contribution is 0.0936. The van der Waals surface area contributed by atoms with Gasteiger partial charge in [0.15, 0.2) is 0 Å². The van der Waals surface area contributed by atoms with Crippen molar-refractivity contribution < 1.29 is 9.53 Å². The van der Waals surface area contributed by atoms with Gasteiger partial charge < -0.3 is 10.1 Å². The molecule has 132 valence electrons. The average Bonchev–Trinajstić information content (AvgIpc) is 3.48. The number of amides is 1. The fourth-order valence-electron chi connectivity index (χ4n) is 2.89. The molecule has 1 N–H and O–H groups in total. The summed E-state index contributed by atoms with van der Waals surface area (Å²) in [6.07, 6.45) is 5.32. The van der Waals surface area contributed by atoms with E-state index in [9.17, 15) is 4.79 Å². The molecule has 0 saturated heterocycles. The molecule has 3 nitrogen and oxygen atoms in total. The number of carbonyl (C=O) groups excluding carboxylic acids is 1. The van der Waals surface area contributed by atoms with Crippen molar-refractivity contribution in [2.24, 2.45) is 5.92 Å². The third-order valence-corrected chi connectivity index (χ3v) is 4.59. The van der Waals surface area contributed by atoms with Crippen molar-refractivity contribution in [2.75, 3.05) is 19.8 Å². The highest BCUT2D eigenvalue weighted by Gasteiger charge is 2.20. The van der Waals surface area contributed by atoms with Crippen molar-refractivity contribution in [2.45, 2.75) is 32.1 Å². The Morgan fingerprint density at radius 3 is 2.56 bits per heavy atom. The minimum absolute atomic E-state index is 0.0193. The van der Waals surface area contributed by atoms with Crippen LogP contribution in [0.25, 0.3) is 0 Å². The predicted molar refractivity (Wildman–Crippen MR) is 101 cm³/mol. The van der Waals surface area contributed by atoms with Crippen LogP contribution in [0.4, 0.5) is 0 Å². The average molecular weight is 337 g/mol. The first kappa shape index (κ1) is 17.7. The van der Waals surface area contributed by atoms with Crippen LogP contribution in [0.15, 0.2) is 54.6 Å². The van der Waals surface area contributed by atoms with E-state index in [1.807, 2.05) is 24.3 Å². The Labute approximate surface area is 150 Å². The molecule has 0 heterocycles. The summed E-state index contributed by atoms with van der Waals surface area (Å²) in [5.74, 6) is 0.817. The van der Waals surface area contributed by atoms with Gasteiger partial charge >= 0.3 is 0 Å². The standard InChI is InChI=1S/C22H27NO2/c24-22(23-15-6-16-25-17-19-11-12-19)21-10-5-4-9-20(21)14-13-18-7-2-1-3-8-18/h1-5,7-10,19H,6,11-17H2,(H,23,24). The SMILES string of the molecule is O=C(NCCCOCC1CC1)c1ccccc1CCc1ccccc1. The fraction of sp³-hybridized carbons (Fsp3) is 0.409. The normalized spacial score (nSPS) is 13.6. The Morgan fingerprint density at radius 2 is 1.76 bits per heavy atom. The van der Waals surface area contributed by atoms with E-state index in [0.29, 0.717) is 6.54 Å². The summed E-state index contributed by atoms with van der Waals surface area (Å²) in [5, 5.41) is 3.02. The Hall–Kier alpha value is -2.13. The molecule has 0 bridgehead atoms. The quantitative estimate of drug-likeness (QED) is 0.665. The number of hydrogen-bond acceptors (Lipinski definition) is 2. The van der Waals surface area contributed by atoms with E-state index in [-0.39, 0.29) is 5.91 Å². The van der Waals surface area contributed by atoms with Gasteiger partial charge in [0.1, 0.15) is 0 Å². The second-order valence-electron chi connectivity index (χ2n) is 6.77. The number of hydrogen-bond donors (Lipinski definition) is 1. The van der Waals surface area contributed by atoms with Gasteiger partial charge in [0, 0.05) is 25.3 Å². The first-order chi connectivity index (χ1) is 12.3. The van der Waals surface area contributed by atoms with Gasteiger partial charge in [-0.05, 0) is 55.2 Å². The molecule has 2 aromatic carbocycles. The number of carbonyl (C=O) groups is 1. The first-order valence-corrected chi connectivity index (χ1v) is 9.30. The zero-order valence-corrected chi connectivity index (χ0v) is 14.7. The molecule has 3 heteroatoms. The number of ether oxygens (including phenoxy) is 1. The molecule has 1 aliphatic rings. The molecule has 1 aliphatic carbocycles. The highest BCUT2D eigenvalue weighted by atomic mass is 16.5. The van der Waals surface area contributed by atoms with E-state index in [1.54, 1.807) is 0 Å². The summed E-state index contributed by atoms with van der Waals surface area (Å²) in [6, 6.07) is 18.3. The van der Waals surface area contributed by atoms with Crippen LogP contribution in [0.1, 0.15) is 40.7 Å². The van der Waals surface area contributed by atoms with Crippen LogP contribution >= 0.6 is 0 Å². The Balaban J connectivity index is 1.44. The largest absolute Gasteiger partial charge is 0.381 e. The van der Waals surface area contributed by atoms with Crippen LogP contribution < -0.4 is 5.32 Å². The summed E-state index contributed by atoms with van der Waals surface area (Å²) in [4.78, 5) is 12.5. The molecular weight excluding hydrogens is 310 g/mol. The summed E-state index contributed by atoms with van der Waals surface area (Å²) in [7, 11) is 0. The van der Waals surface area contributed by atoms with Gasteiger partial charge in [0.05, 0.1) is 0 Å². The Morgan fingerprint density at radius 1 is 1.00 bits per heavy atom. The molecular formula is C22H27NO2. The van der Waals surface area contributed by atoms with Gasteiger partial charge in [-0.1, -0.05) is 48.5 Å². The maximum absolute atomic E-state index is 12.5. The van der Waals surface area contributed by atoms with Crippen molar-refractivity contribution in [1.29, 1.82) is 0 Å². The third-order valence-electron chi connectivity index (χ3n) is 4.59. The van der Waals surface area contributed by atoms with E-state index < -0.39 is 0 Å². The van der Waals surface area contributed by atoms with Crippen LogP contribution in [0.3, 0.4) is 0 Å². The fourth-order valence-corrected chi connectivity index (χ4v) is 2.89. The zero-order valence-electron chi connectivity index (χ0n) is 14.7. The summed E-state index contributed by atoms with van der Waals surface area (Å²) in [6.45, 7) is 2.28. The number of nitrogens with one attached hydrogen (secondary N) is 1. The van der Waals surface area contributed by atoms with Gasteiger partial charge in [-0.2, -0.15) is 0 Å². The molecule has 1 saturated carbocycles. The van der Waals surface area contributed by atoms with Gasteiger partial charge in [0.25, 0.3) is 5.91 Å². The van der Waals surface area contributed by atoms with Crippen molar-refractivity contribution >= 4 is 5.91 Å². The first-order valence-electron chi connectivity index (χ1n) is 9.30. The van der Waals surface area contributed by atoms with Crippen molar-refractivity contribution in [1.82, 2.24) is 5.32 Å². The van der Waals surface area contributed by atoms with E-state index in [4.69, 9.17) is 4.74 Å². The maximum atomic E-state index is 12.5. The minimum atomic E-state index is 0.0193. The second-order valence-corrected chi connectivity index (χ2v) is 6.77. The topological polar surface area (TPSA) is 38.3 Å². The van der Waals surface area contributed by atoms with Crippen molar-refractivity contribution in [3.8, 4) is 0 Å². The molecule has 25 heavy (non-hydrogen) atoms. The van der Waals surface area contributed by atoms with E-state index in [1.165, 1.54) is 18.4 Å². The zero-order chi connectivity index (χ0) is 17.3. The molecule has 0 aliphatic heterocycles. The monoisotopic (exact) mass is 337 g/mol. The molecule has 1 fully saturated rings. The van der Waals surface area contributed by atoms with E-state index in [0.717, 1.165) is 49.5 Å². The Kier molecular flexibility index (Phi) is 6.63. The molecule has 1 amide bonds. The number of rotatable bonds is 10. The lowest BCUT2D eigenvalue weighted by atomic mass is 9.99. The van der Waals surface area contributed by atoms with Crippen molar-refractivity contribution in [3.05, 3.63) is 71.3 Å². The second kappa shape index (κ2) is 9.38. The van der Waals surface area contributed by atoms with Crippen LogP contribution in [0.2, 0.25) is 0 Å². The third kappa shape index (κ3) is 6.02. The lowest BCUT2D eigenvalue weighted by Crippen LogP contribution is -2.26. The highest BCUT2D eigenvalue weighted by molar-refractivity contribution is 5.95. The van der Waals surface area contributed by atoms with Crippen LogP contribution in [0.5, 0.6) is 0 Å². The van der Waals surface area contributed by atoms with Gasteiger partial charge in [-0.25, -0.2) is 0 Å². The molecule has 0 atom stereocenters. The van der Waals surface area contributed by atoms with Crippen molar-refractivity contribution in [3.63, 3.8) is 0 Å². The Bertz CT molecular complexity index is 665. The van der Waals surface area contributed by atoms with Gasteiger partial charge in [-0.3, -0.25) is 4.79 Å². The molecule has 3 rings (SSSR count). The van der Waals surface area contributed by atoms with Gasteiger partial charge in [-0.15, -0.1) is 0 Å². The lowest BCUT2D eigenvalue weighted by Gasteiger charge is -2.10. The molecule has 2 aromatic rings. The maximum Gasteiger partial charge on any atom is 0.251 e. The summed E-state index contributed by atoms with van der Waals surface area (Å²) in [5.41, 5.74) is 3.19. The molecule has 0 radical (unpaired) electrons. The van der Waals surface area contributed by atoms with E-state index >= 15 is 0 Å². The summed E-state index contributed by atoms with van der Waals surface area (Å²) >= 11 is 0. The molecule has 0 unspecified atom stereocenters. The summed E-state index contributed by atoms with van der Waals surface area (Å²) < 4.78 is 5.61. The highest BCUT2D eigenvalue weighted by Crippen LogP contribution is 2.28. The predicted octanol–water partition coefficient (Wildman–Crippen LogP) is 4.02. The van der Waals surface area contributed by atoms with Crippen LogP contribution in [-0.4, -0.2) is 25.7 Å². The smallest absolute Gasteiger partial charge is 0.251 e.